The number of aromatic nitrogens is 6. The molecule has 1 aliphatic rings. The summed E-state index contributed by atoms with van der Waals surface area (Å²) < 4.78 is 3.73. The highest BCUT2D eigenvalue weighted by atomic mass is 32.2. The van der Waals surface area contributed by atoms with Crippen LogP contribution in [0.25, 0.3) is 16.6 Å². The predicted octanol–water partition coefficient (Wildman–Crippen LogP) is 16.3. The van der Waals surface area contributed by atoms with Gasteiger partial charge >= 0.3 is 0 Å². The second-order valence-electron chi connectivity index (χ2n) is 18.7. The molecule has 8 rings (SSSR count). The molecular formula is C64H77N11O2S4. The summed E-state index contributed by atoms with van der Waals surface area (Å²) in [5.41, 5.74) is 15.6. The molecule has 1 aliphatic carbocycles. The minimum absolute atomic E-state index is 0.0204. The number of nitrogens with zero attached hydrogens (tertiary/aromatic N) is 9. The van der Waals surface area contributed by atoms with Crippen molar-refractivity contribution in [3.8, 4) is 0 Å². The Labute approximate surface area is 496 Å². The number of carbonyl (C=O) groups is 2. The zero-order chi connectivity index (χ0) is 59.0. The first-order chi connectivity index (χ1) is 39.0. The minimum atomic E-state index is 0.0204. The summed E-state index contributed by atoms with van der Waals surface area (Å²) in [7, 11) is 0. The van der Waals surface area contributed by atoms with Crippen molar-refractivity contribution in [3.05, 3.63) is 202 Å². The number of pyridine rings is 1. The summed E-state index contributed by atoms with van der Waals surface area (Å²) in [5.74, 6) is 1.96. The average molecular weight is 1160 g/mol. The lowest BCUT2D eigenvalue weighted by atomic mass is 9.95. The monoisotopic (exact) mass is 1160 g/mol. The molecule has 4 aromatic heterocycles. The summed E-state index contributed by atoms with van der Waals surface area (Å²) in [4.78, 5) is 31.4. The first-order valence-electron chi connectivity index (χ1n) is 27.1. The normalized spacial score (nSPS) is 11.9. The quantitative estimate of drug-likeness (QED) is 0.0126. The van der Waals surface area contributed by atoms with E-state index >= 15 is 0 Å². The molecular weight excluding hydrogens is 1080 g/mol. The van der Waals surface area contributed by atoms with Crippen LogP contribution < -0.4 is 15.5 Å². The Morgan fingerprint density at radius 3 is 2.20 bits per heavy atom. The van der Waals surface area contributed by atoms with Gasteiger partial charge in [0.25, 0.3) is 0 Å². The highest BCUT2D eigenvalue weighted by Crippen LogP contribution is 2.32. The molecule has 81 heavy (non-hydrogen) atoms. The summed E-state index contributed by atoms with van der Waals surface area (Å²) in [6.07, 6.45) is 10.7. The molecule has 0 spiro atoms. The molecule has 7 aromatic rings. The Morgan fingerprint density at radius 1 is 0.815 bits per heavy atom. The Balaban J connectivity index is 0.000000220. The predicted molar refractivity (Wildman–Crippen MR) is 348 cm³/mol. The maximum atomic E-state index is 13.0. The maximum Gasteiger partial charge on any atom is 0.241 e. The molecule has 0 aliphatic heterocycles. The molecule has 17 heteroatoms. The zero-order valence-corrected chi connectivity index (χ0v) is 51.8. The van der Waals surface area contributed by atoms with Crippen molar-refractivity contribution in [1.82, 2.24) is 35.3 Å². The van der Waals surface area contributed by atoms with Crippen LogP contribution in [0.4, 0.5) is 10.8 Å². The van der Waals surface area contributed by atoms with Crippen molar-refractivity contribution >= 4 is 97.9 Å². The van der Waals surface area contributed by atoms with Gasteiger partial charge in [0.2, 0.25) is 11.0 Å². The van der Waals surface area contributed by atoms with Crippen molar-refractivity contribution in [3.63, 3.8) is 0 Å². The van der Waals surface area contributed by atoms with Crippen molar-refractivity contribution in [1.29, 1.82) is 0 Å². The molecule has 2 N–H and O–H groups in total. The summed E-state index contributed by atoms with van der Waals surface area (Å²) in [5, 5.41) is 33.8. The molecule has 0 unspecified atom stereocenters. The highest BCUT2D eigenvalue weighted by Gasteiger charge is 2.25. The number of ketones is 1. The van der Waals surface area contributed by atoms with Crippen molar-refractivity contribution < 1.29 is 9.59 Å². The fraction of sp³-hybridized carbons (Fsp3) is 0.297. The van der Waals surface area contributed by atoms with E-state index in [9.17, 15) is 9.59 Å². The molecule has 13 nitrogen and oxygen atoms in total. The van der Waals surface area contributed by atoms with E-state index < -0.39 is 0 Å². The number of amidine groups is 1. The Bertz CT molecular complexity index is 3400. The van der Waals surface area contributed by atoms with E-state index in [1.54, 1.807) is 42.2 Å². The van der Waals surface area contributed by atoms with Gasteiger partial charge in [-0.15, -0.1) is 25.5 Å². The van der Waals surface area contributed by atoms with Gasteiger partial charge in [0, 0.05) is 64.0 Å². The first kappa shape index (κ1) is 64.5. The second-order valence-corrected chi connectivity index (χ2v) is 23.2. The number of para-hydroxylation sites is 1. The Kier molecular flexibility index (Phi) is 26.1. The van der Waals surface area contributed by atoms with Gasteiger partial charge in [-0.2, -0.15) is 5.10 Å². The summed E-state index contributed by atoms with van der Waals surface area (Å²) in [6.45, 7) is 41.6. The van der Waals surface area contributed by atoms with Crippen LogP contribution in [-0.2, 0) is 32.2 Å². The van der Waals surface area contributed by atoms with Gasteiger partial charge in [0.05, 0.1) is 23.5 Å². The van der Waals surface area contributed by atoms with Gasteiger partial charge in [-0.3, -0.25) is 19.1 Å². The van der Waals surface area contributed by atoms with Gasteiger partial charge in [0.15, 0.2) is 14.5 Å². The molecule has 0 fully saturated rings. The smallest absolute Gasteiger partial charge is 0.241 e. The summed E-state index contributed by atoms with van der Waals surface area (Å²) >= 11 is 6.13. The van der Waals surface area contributed by atoms with Crippen LogP contribution in [0.2, 0.25) is 0 Å². The number of rotatable bonds is 22. The van der Waals surface area contributed by atoms with E-state index in [-0.39, 0.29) is 11.7 Å². The lowest BCUT2D eigenvalue weighted by Crippen LogP contribution is -2.28. The molecule has 0 radical (unpaired) electrons. The maximum absolute atomic E-state index is 13.0. The number of allylic oxidation sites excluding steroid dienone is 4. The van der Waals surface area contributed by atoms with E-state index in [2.05, 4.69) is 127 Å². The number of Topliss-reactive ketones (excluding diaryl/α,β-unsaturated/α-hetero) is 1. The van der Waals surface area contributed by atoms with Crippen molar-refractivity contribution in [2.45, 2.75) is 122 Å². The molecule has 424 valence electrons. The molecule has 0 atom stereocenters. The van der Waals surface area contributed by atoms with E-state index in [1.807, 2.05) is 104 Å². The van der Waals surface area contributed by atoms with Crippen LogP contribution in [-0.4, -0.2) is 65.7 Å². The SMILES string of the molecule is C=C(C)Cc1nnc(SCC(=O)n2c(CC)c(C)c3c2CCCC3)s1.C=C/C(CC)=C(\C=C)NC(=C)CSc1nnc(NC(=C)c2ccc(C)cc2)s1.C=N/N=C(/C)N(Cc1ccc2ccccc2n1)c1cccc(C(C)=O)c1.CC. The van der Waals surface area contributed by atoms with Crippen LogP contribution in [0.3, 0.4) is 0 Å². The number of thioether (sulfide) groups is 2. The van der Waals surface area contributed by atoms with Crippen LogP contribution in [0.1, 0.15) is 127 Å². The molecule has 3 aromatic carbocycles. The highest BCUT2D eigenvalue weighted by molar-refractivity contribution is 8.01. The molecule has 0 bridgehead atoms. The standard InChI is InChI=1S/C22H26N4S2.C21H20N4O.C19H25N3OS2.C2H6/c1-7-18(8-2)20(9-3)23-16(5)14-27-22-26-25-21(28-22)24-17(6)19-12-10-15(4)11-13-19;1-15(26)18-8-6-9-20(13-18)25(16(2)24-22-3)14-19-12-11-17-7-4-5-10-21(17)23-19;1-5-15-13(4)14-8-6-7-9-16(14)22(15)18(23)11-24-19-21-20-17(25-19)10-12(2)3;1-2/h7,9-13,23H,1,3,5-6,8,14H2,2,4H3,(H,24,25);4-13H,3,14H2,1-2H3;2,5-11H2,1,3-4H3;1-2H3/b20-18-;24-16-;;. The average Bonchev–Trinajstić information content (AvgIpc) is 4.41. The molecule has 0 amide bonds. The second kappa shape index (κ2) is 32.8. The number of aryl methyl sites for hydroxylation is 1. The zero-order valence-electron chi connectivity index (χ0n) is 48.5. The minimum Gasteiger partial charge on any atom is -0.358 e. The number of carbonyl (C=O) groups excluding carboxylic acids is 2. The lowest BCUT2D eigenvalue weighted by Gasteiger charge is -2.24. The fourth-order valence-corrected chi connectivity index (χ4v) is 12.2. The van der Waals surface area contributed by atoms with E-state index in [1.165, 1.54) is 64.0 Å². The Morgan fingerprint density at radius 2 is 1.52 bits per heavy atom. The topological polar surface area (TPSA) is 156 Å². The molecule has 0 saturated heterocycles. The van der Waals surface area contributed by atoms with Gasteiger partial charge in [-0.25, -0.2) is 0 Å². The van der Waals surface area contributed by atoms with Crippen molar-refractivity contribution in [2.75, 3.05) is 21.7 Å². The lowest BCUT2D eigenvalue weighted by molar-refractivity contribution is 0.0934. The van der Waals surface area contributed by atoms with Gasteiger partial charge in [-0.05, 0) is 126 Å². The molecule has 0 saturated carbocycles. The third kappa shape index (κ3) is 18.9. The van der Waals surface area contributed by atoms with Crippen LogP contribution in [0.15, 0.2) is 171 Å². The molecule has 4 heterocycles. The van der Waals surface area contributed by atoms with Gasteiger partial charge in [-0.1, -0.05) is 185 Å². The number of hydrogen-bond acceptors (Lipinski definition) is 15. The van der Waals surface area contributed by atoms with E-state index in [0.717, 1.165) is 107 Å². The number of hydrogen-bond donors (Lipinski definition) is 2. The largest absolute Gasteiger partial charge is 0.358 e. The van der Waals surface area contributed by atoms with Crippen LogP contribution in [0.5, 0.6) is 0 Å². The van der Waals surface area contributed by atoms with Gasteiger partial charge < -0.3 is 15.5 Å². The number of nitrogens with one attached hydrogen (secondary N) is 2. The van der Waals surface area contributed by atoms with Crippen LogP contribution >= 0.6 is 46.2 Å². The van der Waals surface area contributed by atoms with Gasteiger partial charge in [0.1, 0.15) is 10.8 Å². The van der Waals surface area contributed by atoms with E-state index in [0.29, 0.717) is 29.4 Å². The van der Waals surface area contributed by atoms with E-state index in [4.69, 9.17) is 4.98 Å². The third-order valence-electron chi connectivity index (χ3n) is 12.7. The third-order valence-corrected chi connectivity index (χ3v) is 16.8. The number of anilines is 2. The number of benzene rings is 3. The van der Waals surface area contributed by atoms with Crippen LogP contribution in [0, 0.1) is 13.8 Å². The van der Waals surface area contributed by atoms with Crippen molar-refractivity contribution in [2.24, 2.45) is 10.2 Å². The first-order valence-corrected chi connectivity index (χ1v) is 30.7. The summed E-state index contributed by atoms with van der Waals surface area (Å²) in [6, 6.07) is 27.7. The fourth-order valence-electron chi connectivity index (χ4n) is 8.74. The Hall–Kier alpha value is -7.31. The number of fused-ring (bicyclic) bond motifs is 2.